The van der Waals surface area contributed by atoms with Crippen LogP contribution < -0.4 is 0 Å². The predicted molar refractivity (Wildman–Crippen MR) is 83.2 cm³/mol. The van der Waals surface area contributed by atoms with Gasteiger partial charge in [-0.3, -0.25) is 0 Å². The third-order valence-electron chi connectivity index (χ3n) is 3.21. The Morgan fingerprint density at radius 1 is 1.10 bits per heavy atom. The molecule has 1 aliphatic rings. The zero-order valence-corrected chi connectivity index (χ0v) is 13.3. The lowest BCUT2D eigenvalue weighted by Gasteiger charge is -2.26. The quantitative estimate of drug-likeness (QED) is 0.586. The van der Waals surface area contributed by atoms with E-state index in [0.717, 1.165) is 12.8 Å². The molecule has 0 amide bonds. The minimum Gasteiger partial charge on any atom is -0.483 e. The molecule has 0 aliphatic carbocycles. The summed E-state index contributed by atoms with van der Waals surface area (Å²) < 4.78 is 10.7. The molecule has 0 aromatic carbocycles. The van der Waals surface area contributed by atoms with Crippen molar-refractivity contribution in [1.29, 1.82) is 0 Å². The second-order valence-corrected chi connectivity index (χ2v) is 5.21. The monoisotopic (exact) mass is 278 g/mol. The van der Waals surface area contributed by atoms with E-state index in [9.17, 15) is 0 Å². The number of hydrogen-bond acceptors (Lipinski definition) is 4. The van der Waals surface area contributed by atoms with Crippen LogP contribution in [0, 0.1) is 17.8 Å². The van der Waals surface area contributed by atoms with Gasteiger partial charge in [0, 0.05) is 12.8 Å². The van der Waals surface area contributed by atoms with Gasteiger partial charge in [-0.2, -0.15) is 0 Å². The largest absolute Gasteiger partial charge is 0.483 e. The van der Waals surface area contributed by atoms with E-state index in [0.29, 0.717) is 24.1 Å². The first-order valence-corrected chi connectivity index (χ1v) is 7.33. The molecule has 1 aliphatic heterocycles. The second kappa shape index (κ2) is 8.63. The Bertz CT molecular complexity index is 416. The highest BCUT2D eigenvalue weighted by Crippen LogP contribution is 2.18. The summed E-state index contributed by atoms with van der Waals surface area (Å²) in [7, 11) is 3.28. The maximum atomic E-state index is 5.37. The molecule has 0 aromatic rings. The van der Waals surface area contributed by atoms with Crippen molar-refractivity contribution >= 4 is 11.8 Å². The van der Waals surface area contributed by atoms with E-state index in [1.807, 2.05) is 0 Å². The molecule has 0 fully saturated rings. The van der Waals surface area contributed by atoms with Crippen LogP contribution in [0.15, 0.2) is 9.98 Å². The van der Waals surface area contributed by atoms with Crippen LogP contribution in [0.3, 0.4) is 0 Å². The molecule has 1 rings (SSSR count). The highest BCUT2D eigenvalue weighted by Gasteiger charge is 2.30. The Labute approximate surface area is 122 Å². The molecule has 0 spiro atoms. The van der Waals surface area contributed by atoms with Gasteiger partial charge in [0.25, 0.3) is 0 Å². The average Bonchev–Trinajstić information content (AvgIpc) is 2.46. The smallest absolute Gasteiger partial charge is 0.210 e. The van der Waals surface area contributed by atoms with Crippen molar-refractivity contribution in [3.05, 3.63) is 0 Å². The van der Waals surface area contributed by atoms with Crippen LogP contribution in [-0.4, -0.2) is 38.1 Å². The van der Waals surface area contributed by atoms with Gasteiger partial charge in [0.15, 0.2) is 0 Å². The van der Waals surface area contributed by atoms with Crippen LogP contribution in [0.1, 0.15) is 46.5 Å². The summed E-state index contributed by atoms with van der Waals surface area (Å²) in [6.07, 6.45) is 3.89. The fourth-order valence-electron chi connectivity index (χ4n) is 2.02. The fourth-order valence-corrected chi connectivity index (χ4v) is 2.02. The Balaban J connectivity index is 2.76. The van der Waals surface area contributed by atoms with Gasteiger partial charge in [0.05, 0.1) is 14.2 Å². The molecule has 112 valence electrons. The zero-order chi connectivity index (χ0) is 15.0. The Kier molecular flexibility index (Phi) is 7.14. The van der Waals surface area contributed by atoms with E-state index in [2.05, 4.69) is 42.6 Å². The van der Waals surface area contributed by atoms with Crippen molar-refractivity contribution in [3.63, 3.8) is 0 Å². The van der Waals surface area contributed by atoms with E-state index >= 15 is 0 Å². The number of nitrogens with zero attached hydrogens (tertiary/aromatic N) is 2. The van der Waals surface area contributed by atoms with E-state index in [1.54, 1.807) is 14.2 Å². The van der Waals surface area contributed by atoms with Gasteiger partial charge in [-0.1, -0.05) is 27.2 Å². The number of unbranched alkanes of at least 4 members (excludes halogenated alkanes) is 2. The molecule has 0 bridgehead atoms. The van der Waals surface area contributed by atoms with E-state index in [1.165, 1.54) is 6.42 Å². The summed E-state index contributed by atoms with van der Waals surface area (Å²) >= 11 is 0. The van der Waals surface area contributed by atoms with Crippen molar-refractivity contribution in [3.8, 4) is 11.8 Å². The average molecular weight is 278 g/mol. The molecule has 0 saturated carbocycles. The van der Waals surface area contributed by atoms with Gasteiger partial charge in [-0.25, -0.2) is 9.98 Å². The highest BCUT2D eigenvalue weighted by atomic mass is 16.5. The third kappa shape index (κ3) is 4.56. The van der Waals surface area contributed by atoms with Crippen LogP contribution in [0.5, 0.6) is 0 Å². The molecule has 2 atom stereocenters. The van der Waals surface area contributed by atoms with Crippen molar-refractivity contribution < 1.29 is 9.47 Å². The third-order valence-corrected chi connectivity index (χ3v) is 3.21. The number of rotatable bonds is 4. The van der Waals surface area contributed by atoms with Crippen LogP contribution in [0.2, 0.25) is 0 Å². The Hall–Kier alpha value is -1.50. The number of hydrogen-bond donors (Lipinski definition) is 0. The summed E-state index contributed by atoms with van der Waals surface area (Å²) in [5, 5.41) is 0. The fraction of sp³-hybridized carbons (Fsp3) is 0.750. The van der Waals surface area contributed by atoms with Gasteiger partial charge >= 0.3 is 0 Å². The first-order chi connectivity index (χ1) is 9.63. The molecule has 1 heterocycles. The summed E-state index contributed by atoms with van der Waals surface area (Å²) in [6.45, 7) is 6.36. The van der Waals surface area contributed by atoms with E-state index < -0.39 is 0 Å². The van der Waals surface area contributed by atoms with Crippen LogP contribution >= 0.6 is 0 Å². The summed E-state index contributed by atoms with van der Waals surface area (Å²) in [6, 6.07) is -0.196. The van der Waals surface area contributed by atoms with Gasteiger partial charge < -0.3 is 9.47 Å². The number of aliphatic imine (C=N–C) groups is 2. The molecule has 0 saturated heterocycles. The van der Waals surface area contributed by atoms with Crippen LogP contribution in [0.4, 0.5) is 0 Å². The van der Waals surface area contributed by atoms with Gasteiger partial charge in [0.2, 0.25) is 11.8 Å². The van der Waals surface area contributed by atoms with Crippen molar-refractivity contribution in [2.45, 2.75) is 58.5 Å². The molecule has 4 heteroatoms. The maximum Gasteiger partial charge on any atom is 0.210 e. The molecular weight excluding hydrogens is 252 g/mol. The molecule has 20 heavy (non-hydrogen) atoms. The first kappa shape index (κ1) is 16.6. The molecule has 0 aromatic heterocycles. The van der Waals surface area contributed by atoms with Crippen LogP contribution in [-0.2, 0) is 9.47 Å². The predicted octanol–water partition coefficient (Wildman–Crippen LogP) is 3.07. The molecule has 0 unspecified atom stereocenters. The normalized spacial score (nSPS) is 21.7. The summed E-state index contributed by atoms with van der Waals surface area (Å²) in [4.78, 5) is 9.23. The number of methoxy groups -OCH3 is 2. The molecular formula is C16H26N2O2. The van der Waals surface area contributed by atoms with Gasteiger partial charge in [0.1, 0.15) is 12.1 Å². The van der Waals surface area contributed by atoms with Gasteiger partial charge in [-0.15, -0.1) is 11.8 Å². The second-order valence-electron chi connectivity index (χ2n) is 5.21. The standard InChI is InChI=1S/C16H26N2O2/c1-6-7-8-9-10-11-13-15(19-4)18-14(12(2)3)16(17-13)20-5/h12-14H,6-8,11H2,1-5H3/t13-,14+/m1/s1. The molecule has 0 N–H and O–H groups in total. The lowest BCUT2D eigenvalue weighted by molar-refractivity contribution is 0.333. The van der Waals surface area contributed by atoms with Crippen molar-refractivity contribution in [2.24, 2.45) is 15.9 Å². The van der Waals surface area contributed by atoms with E-state index in [-0.39, 0.29) is 12.1 Å². The summed E-state index contributed by atoms with van der Waals surface area (Å²) in [5.41, 5.74) is 0. The highest BCUT2D eigenvalue weighted by molar-refractivity contribution is 5.94. The Morgan fingerprint density at radius 2 is 1.80 bits per heavy atom. The van der Waals surface area contributed by atoms with Crippen LogP contribution in [0.25, 0.3) is 0 Å². The topological polar surface area (TPSA) is 43.2 Å². The maximum absolute atomic E-state index is 5.37. The Morgan fingerprint density at radius 3 is 2.35 bits per heavy atom. The first-order valence-electron chi connectivity index (χ1n) is 7.33. The lowest BCUT2D eigenvalue weighted by atomic mass is 10.0. The van der Waals surface area contributed by atoms with Crippen molar-refractivity contribution in [1.82, 2.24) is 0 Å². The lowest BCUT2D eigenvalue weighted by Crippen LogP contribution is -2.37. The summed E-state index contributed by atoms with van der Waals surface area (Å²) in [5.74, 6) is 8.02. The van der Waals surface area contributed by atoms with E-state index in [4.69, 9.17) is 9.47 Å². The minimum atomic E-state index is -0.140. The molecule has 0 radical (unpaired) electrons. The number of ether oxygens (including phenoxy) is 2. The SMILES string of the molecule is CCCCC#CC[C@H]1N=C(OC)[C@H](C(C)C)N=C1OC. The van der Waals surface area contributed by atoms with Crippen molar-refractivity contribution in [2.75, 3.05) is 14.2 Å². The minimum absolute atomic E-state index is 0.0562. The zero-order valence-electron chi connectivity index (χ0n) is 13.3. The van der Waals surface area contributed by atoms with Gasteiger partial charge in [-0.05, 0) is 12.3 Å². The molecule has 4 nitrogen and oxygen atoms in total.